The molecule has 0 spiro atoms. The van der Waals surface area contributed by atoms with Crippen molar-refractivity contribution in [2.45, 2.75) is 25.3 Å². The largest absolute Gasteiger partial charge is 0.381 e. The molecule has 0 aromatic heterocycles. The molecule has 0 radical (unpaired) electrons. The van der Waals surface area contributed by atoms with Gasteiger partial charge in [-0.2, -0.15) is 0 Å². The van der Waals surface area contributed by atoms with Crippen LogP contribution < -0.4 is 5.73 Å². The van der Waals surface area contributed by atoms with Crippen molar-refractivity contribution in [3.8, 4) is 0 Å². The van der Waals surface area contributed by atoms with Crippen LogP contribution in [0, 0.1) is 5.92 Å². The summed E-state index contributed by atoms with van der Waals surface area (Å²) in [4.78, 5) is 2.51. The highest BCUT2D eigenvalue weighted by atomic mass is 35.5. The summed E-state index contributed by atoms with van der Waals surface area (Å²) in [7, 11) is 0. The van der Waals surface area contributed by atoms with E-state index in [1.54, 1.807) is 0 Å². The number of hydrogen-bond acceptors (Lipinski definition) is 3. The molecular weight excluding hydrogens is 235 g/mol. The van der Waals surface area contributed by atoms with Crippen molar-refractivity contribution < 1.29 is 4.74 Å². The molecule has 15 heavy (non-hydrogen) atoms. The topological polar surface area (TPSA) is 38.5 Å². The Labute approximate surface area is 105 Å². The van der Waals surface area contributed by atoms with Gasteiger partial charge < -0.3 is 15.4 Å². The molecule has 92 valence electrons. The highest BCUT2D eigenvalue weighted by molar-refractivity contribution is 5.85. The lowest BCUT2D eigenvalue weighted by Gasteiger charge is -2.26. The van der Waals surface area contributed by atoms with Gasteiger partial charge in [-0.15, -0.1) is 24.8 Å². The van der Waals surface area contributed by atoms with E-state index in [4.69, 9.17) is 10.5 Å². The molecule has 0 unspecified atom stereocenters. The molecule has 2 fully saturated rings. The second kappa shape index (κ2) is 7.69. The summed E-state index contributed by atoms with van der Waals surface area (Å²) >= 11 is 0. The predicted molar refractivity (Wildman–Crippen MR) is 67.1 cm³/mol. The quantitative estimate of drug-likeness (QED) is 0.810. The van der Waals surface area contributed by atoms with Gasteiger partial charge in [-0.3, -0.25) is 0 Å². The molecule has 2 N–H and O–H groups in total. The first-order valence-corrected chi connectivity index (χ1v) is 5.40. The molecular formula is C10H22Cl2N2O. The van der Waals surface area contributed by atoms with Gasteiger partial charge >= 0.3 is 0 Å². The van der Waals surface area contributed by atoms with Crippen LogP contribution in [0.15, 0.2) is 0 Å². The van der Waals surface area contributed by atoms with Gasteiger partial charge in [-0.25, -0.2) is 0 Å². The molecule has 0 aromatic rings. The maximum Gasteiger partial charge on any atom is 0.0469 e. The molecule has 0 aliphatic carbocycles. The lowest BCUT2D eigenvalue weighted by atomic mass is 10.00. The van der Waals surface area contributed by atoms with Gasteiger partial charge in [-0.05, 0) is 31.7 Å². The van der Waals surface area contributed by atoms with Crippen LogP contribution in [0.4, 0.5) is 0 Å². The van der Waals surface area contributed by atoms with Crippen LogP contribution in [0.1, 0.15) is 19.3 Å². The van der Waals surface area contributed by atoms with Crippen LogP contribution >= 0.6 is 24.8 Å². The van der Waals surface area contributed by atoms with Gasteiger partial charge in [0, 0.05) is 32.3 Å². The van der Waals surface area contributed by atoms with E-state index in [1.165, 1.54) is 32.4 Å². The standard InChI is InChI=1S/C10H20N2O.2ClH/c11-10-1-4-12(8-10)7-9-2-5-13-6-3-9;;/h9-10H,1-8,11H2;2*1H/t10-;;/m0../s1. The second-order valence-electron chi connectivity index (χ2n) is 4.36. The minimum atomic E-state index is 0. The van der Waals surface area contributed by atoms with Gasteiger partial charge in [0.25, 0.3) is 0 Å². The Balaban J connectivity index is 0.000000980. The van der Waals surface area contributed by atoms with Gasteiger partial charge in [-0.1, -0.05) is 0 Å². The number of nitrogens with two attached hydrogens (primary N) is 1. The van der Waals surface area contributed by atoms with Crippen LogP contribution in [-0.4, -0.2) is 43.8 Å². The number of hydrogen-bond donors (Lipinski definition) is 1. The summed E-state index contributed by atoms with van der Waals surface area (Å²) in [6.07, 6.45) is 3.67. The molecule has 2 heterocycles. The molecule has 5 heteroatoms. The maximum absolute atomic E-state index is 5.86. The molecule has 2 aliphatic heterocycles. The van der Waals surface area contributed by atoms with E-state index in [-0.39, 0.29) is 24.8 Å². The predicted octanol–water partition coefficient (Wildman–Crippen LogP) is 1.29. The first kappa shape index (κ1) is 15.5. The Bertz CT molecular complexity index is 163. The zero-order valence-corrected chi connectivity index (χ0v) is 10.7. The summed E-state index contributed by atoms with van der Waals surface area (Å²) in [6, 6.07) is 0.430. The lowest BCUT2D eigenvalue weighted by molar-refractivity contribution is 0.0554. The first-order valence-electron chi connectivity index (χ1n) is 5.40. The zero-order valence-electron chi connectivity index (χ0n) is 9.06. The van der Waals surface area contributed by atoms with Crippen LogP contribution in [-0.2, 0) is 4.74 Å². The second-order valence-corrected chi connectivity index (χ2v) is 4.36. The third-order valence-corrected chi connectivity index (χ3v) is 3.17. The Kier molecular flexibility index (Phi) is 7.92. The van der Waals surface area contributed by atoms with Crippen LogP contribution in [0.3, 0.4) is 0 Å². The van der Waals surface area contributed by atoms with Gasteiger partial charge in [0.1, 0.15) is 0 Å². The summed E-state index contributed by atoms with van der Waals surface area (Å²) in [5.74, 6) is 0.860. The van der Waals surface area contributed by atoms with Gasteiger partial charge in [0.05, 0.1) is 0 Å². The maximum atomic E-state index is 5.86. The highest BCUT2D eigenvalue weighted by Crippen LogP contribution is 2.18. The highest BCUT2D eigenvalue weighted by Gasteiger charge is 2.23. The van der Waals surface area contributed by atoms with Crippen LogP contribution in [0.25, 0.3) is 0 Å². The molecule has 0 aromatic carbocycles. The molecule has 2 rings (SSSR count). The SMILES string of the molecule is Cl.Cl.N[C@H]1CCN(CC2CCOCC2)C1. The van der Waals surface area contributed by atoms with Crippen molar-refractivity contribution in [1.82, 2.24) is 4.90 Å². The molecule has 2 aliphatic rings. The number of rotatable bonds is 2. The fourth-order valence-corrected chi connectivity index (χ4v) is 2.32. The van der Waals surface area contributed by atoms with E-state index in [1.807, 2.05) is 0 Å². The normalized spacial score (nSPS) is 28.2. The van der Waals surface area contributed by atoms with E-state index >= 15 is 0 Å². The number of ether oxygens (including phenoxy) is 1. The molecule has 0 saturated carbocycles. The number of nitrogens with zero attached hydrogens (tertiary/aromatic N) is 1. The van der Waals surface area contributed by atoms with Gasteiger partial charge in [0.15, 0.2) is 0 Å². The fourth-order valence-electron chi connectivity index (χ4n) is 2.32. The monoisotopic (exact) mass is 256 g/mol. The van der Waals surface area contributed by atoms with Crippen molar-refractivity contribution in [2.75, 3.05) is 32.8 Å². The lowest BCUT2D eigenvalue weighted by Crippen LogP contribution is -2.33. The van der Waals surface area contributed by atoms with Crippen molar-refractivity contribution in [3.05, 3.63) is 0 Å². The van der Waals surface area contributed by atoms with Crippen molar-refractivity contribution in [3.63, 3.8) is 0 Å². The first-order chi connectivity index (χ1) is 6.34. The van der Waals surface area contributed by atoms with E-state index in [2.05, 4.69) is 4.90 Å². The smallest absolute Gasteiger partial charge is 0.0469 e. The third kappa shape index (κ3) is 4.87. The van der Waals surface area contributed by atoms with Crippen molar-refractivity contribution >= 4 is 24.8 Å². The fraction of sp³-hybridized carbons (Fsp3) is 1.00. The van der Waals surface area contributed by atoms with Gasteiger partial charge in [0.2, 0.25) is 0 Å². The van der Waals surface area contributed by atoms with Crippen LogP contribution in [0.5, 0.6) is 0 Å². The average molecular weight is 257 g/mol. The minimum Gasteiger partial charge on any atom is -0.381 e. The minimum absolute atomic E-state index is 0. The van der Waals surface area contributed by atoms with Crippen molar-refractivity contribution in [2.24, 2.45) is 11.7 Å². The van der Waals surface area contributed by atoms with Crippen molar-refractivity contribution in [1.29, 1.82) is 0 Å². The Morgan fingerprint density at radius 2 is 1.80 bits per heavy atom. The van der Waals surface area contributed by atoms with E-state index in [9.17, 15) is 0 Å². The summed E-state index contributed by atoms with van der Waals surface area (Å²) < 4.78 is 5.34. The number of likely N-dealkylation sites (tertiary alicyclic amines) is 1. The Morgan fingerprint density at radius 3 is 2.33 bits per heavy atom. The third-order valence-electron chi connectivity index (χ3n) is 3.17. The van der Waals surface area contributed by atoms with E-state index in [0.29, 0.717) is 6.04 Å². The van der Waals surface area contributed by atoms with E-state index in [0.717, 1.165) is 25.7 Å². The van der Waals surface area contributed by atoms with E-state index < -0.39 is 0 Å². The Morgan fingerprint density at radius 1 is 1.13 bits per heavy atom. The Hall–Kier alpha value is 0.460. The molecule has 1 atom stereocenters. The summed E-state index contributed by atoms with van der Waals surface area (Å²) in [5, 5.41) is 0. The zero-order chi connectivity index (χ0) is 9.10. The number of halogens is 2. The molecule has 0 bridgehead atoms. The summed E-state index contributed by atoms with van der Waals surface area (Å²) in [6.45, 7) is 5.49. The average Bonchev–Trinajstić information content (AvgIpc) is 2.53. The van der Waals surface area contributed by atoms with Crippen LogP contribution in [0.2, 0.25) is 0 Å². The summed E-state index contributed by atoms with van der Waals surface area (Å²) in [5.41, 5.74) is 5.86. The molecule has 2 saturated heterocycles. The molecule has 0 amide bonds. The molecule has 3 nitrogen and oxygen atoms in total.